The lowest BCUT2D eigenvalue weighted by molar-refractivity contribution is 0.310. The van der Waals surface area contributed by atoms with Crippen LogP contribution >= 0.6 is 0 Å². The van der Waals surface area contributed by atoms with E-state index in [9.17, 15) is 8.42 Å². The topological polar surface area (TPSA) is 90.1 Å². The third-order valence-corrected chi connectivity index (χ3v) is 5.72. The van der Waals surface area contributed by atoms with Crippen molar-refractivity contribution in [2.45, 2.75) is 49.3 Å². The second kappa shape index (κ2) is 6.04. The Kier molecular flexibility index (Phi) is 4.30. The van der Waals surface area contributed by atoms with Crippen LogP contribution in [0.25, 0.3) is 0 Å². The van der Waals surface area contributed by atoms with E-state index in [1.807, 2.05) is 7.05 Å². The van der Waals surface area contributed by atoms with Crippen molar-refractivity contribution in [2.75, 3.05) is 20.1 Å². The number of nitrogens with zero attached hydrogens (tertiary/aromatic N) is 2. The Balaban J connectivity index is 1.62. The summed E-state index contributed by atoms with van der Waals surface area (Å²) < 4.78 is 27.5. The zero-order valence-electron chi connectivity index (χ0n) is 12.3. The predicted molar refractivity (Wildman–Crippen MR) is 79.3 cm³/mol. The van der Waals surface area contributed by atoms with E-state index in [1.54, 1.807) is 6.20 Å². The molecule has 1 aromatic heterocycles. The van der Waals surface area contributed by atoms with E-state index in [-0.39, 0.29) is 11.1 Å². The molecule has 1 aromatic rings. The predicted octanol–water partition coefficient (Wildman–Crippen LogP) is 0.0342. The van der Waals surface area contributed by atoms with E-state index in [1.165, 1.54) is 12.8 Å². The largest absolute Gasteiger partial charge is 0.310 e. The summed E-state index contributed by atoms with van der Waals surface area (Å²) in [6.45, 7) is 2.03. The monoisotopic (exact) mass is 313 g/mol. The van der Waals surface area contributed by atoms with Crippen molar-refractivity contribution >= 4 is 10.0 Å². The van der Waals surface area contributed by atoms with E-state index in [4.69, 9.17) is 0 Å². The first-order valence-electron chi connectivity index (χ1n) is 7.52. The molecular weight excluding hydrogens is 290 g/mol. The van der Waals surface area contributed by atoms with Gasteiger partial charge in [0.1, 0.15) is 0 Å². The molecule has 1 aliphatic carbocycles. The van der Waals surface area contributed by atoms with Crippen molar-refractivity contribution in [3.63, 3.8) is 0 Å². The summed E-state index contributed by atoms with van der Waals surface area (Å²) in [6, 6.07) is 0.825. The van der Waals surface area contributed by atoms with Crippen molar-refractivity contribution < 1.29 is 8.42 Å². The maximum atomic E-state index is 12.4. The van der Waals surface area contributed by atoms with Gasteiger partial charge in [-0.25, -0.2) is 13.1 Å². The summed E-state index contributed by atoms with van der Waals surface area (Å²) in [5.41, 5.74) is 0.703. The van der Waals surface area contributed by atoms with Crippen LogP contribution in [0.4, 0.5) is 0 Å². The number of aromatic nitrogens is 2. The molecule has 1 atom stereocenters. The first-order valence-corrected chi connectivity index (χ1v) is 9.00. The molecule has 0 radical (unpaired) electrons. The Morgan fingerprint density at radius 2 is 2.24 bits per heavy atom. The molecule has 1 unspecified atom stereocenters. The van der Waals surface area contributed by atoms with Crippen LogP contribution in [-0.2, 0) is 16.6 Å². The van der Waals surface area contributed by atoms with Gasteiger partial charge in [0.2, 0.25) is 0 Å². The molecule has 0 spiro atoms. The van der Waals surface area contributed by atoms with Crippen LogP contribution in [0, 0.1) is 0 Å². The number of likely N-dealkylation sites (N-methyl/N-ethyl adjacent to an activating group) is 1. The van der Waals surface area contributed by atoms with Crippen LogP contribution in [0.15, 0.2) is 11.2 Å². The molecule has 3 N–H and O–H groups in total. The van der Waals surface area contributed by atoms with Gasteiger partial charge in [-0.05, 0) is 39.3 Å². The number of likely N-dealkylation sites (tertiary alicyclic amines) is 1. The highest BCUT2D eigenvalue weighted by atomic mass is 32.2. The maximum absolute atomic E-state index is 12.4. The first kappa shape index (κ1) is 15.0. The Bertz CT molecular complexity index is 581. The minimum atomic E-state index is -3.52. The number of H-pyrrole nitrogens is 1. The first-order chi connectivity index (χ1) is 10.1. The Morgan fingerprint density at radius 3 is 2.90 bits per heavy atom. The standard InChI is InChI=1S/C13H23N5O2S/c1-18-6-2-3-12(18)9-16-21(19,20)13-10(8-15-17-13)7-14-11-4-5-11/h8,11-12,14,16H,2-7,9H2,1H3,(H,15,17). The van der Waals surface area contributed by atoms with Crippen LogP contribution in [0.2, 0.25) is 0 Å². The molecule has 0 amide bonds. The van der Waals surface area contributed by atoms with Crippen molar-refractivity contribution in [3.05, 3.63) is 11.8 Å². The second-order valence-electron chi connectivity index (χ2n) is 6.01. The van der Waals surface area contributed by atoms with Crippen LogP contribution in [0.3, 0.4) is 0 Å². The Labute approximate surface area is 125 Å². The average molecular weight is 313 g/mol. The van der Waals surface area contributed by atoms with Crippen molar-refractivity contribution in [3.8, 4) is 0 Å². The third-order valence-electron chi connectivity index (χ3n) is 4.29. The fourth-order valence-corrected chi connectivity index (χ4v) is 3.91. The SMILES string of the molecule is CN1CCCC1CNS(=O)(=O)c1[nH]ncc1CNC1CC1. The van der Waals surface area contributed by atoms with E-state index < -0.39 is 10.0 Å². The average Bonchev–Trinajstić information content (AvgIpc) is 2.98. The minimum Gasteiger partial charge on any atom is -0.310 e. The summed E-state index contributed by atoms with van der Waals surface area (Å²) in [4.78, 5) is 2.20. The molecule has 21 heavy (non-hydrogen) atoms. The van der Waals surface area contributed by atoms with Gasteiger partial charge >= 0.3 is 0 Å². The summed E-state index contributed by atoms with van der Waals surface area (Å²) in [6.07, 6.45) is 6.10. The second-order valence-corrected chi connectivity index (χ2v) is 7.71. The normalized spacial score (nSPS) is 23.8. The number of nitrogens with one attached hydrogen (secondary N) is 3. The van der Waals surface area contributed by atoms with Gasteiger partial charge < -0.3 is 10.2 Å². The number of rotatable bonds is 7. The molecular formula is C13H23N5O2S. The molecule has 7 nitrogen and oxygen atoms in total. The van der Waals surface area contributed by atoms with Gasteiger partial charge in [-0.15, -0.1) is 0 Å². The molecule has 2 heterocycles. The Morgan fingerprint density at radius 1 is 1.43 bits per heavy atom. The summed E-state index contributed by atoms with van der Waals surface area (Å²) in [5, 5.41) is 10.0. The van der Waals surface area contributed by atoms with Gasteiger partial charge in [-0.1, -0.05) is 0 Å². The van der Waals surface area contributed by atoms with Gasteiger partial charge in [0, 0.05) is 30.7 Å². The fourth-order valence-electron chi connectivity index (χ4n) is 2.71. The van der Waals surface area contributed by atoms with Crippen LogP contribution in [0.5, 0.6) is 0 Å². The van der Waals surface area contributed by atoms with Gasteiger partial charge in [0.05, 0.1) is 6.20 Å². The lowest BCUT2D eigenvalue weighted by atomic mass is 10.2. The zero-order chi connectivity index (χ0) is 14.9. The number of sulfonamides is 1. The summed E-state index contributed by atoms with van der Waals surface area (Å²) in [7, 11) is -1.49. The minimum absolute atomic E-state index is 0.191. The van der Waals surface area contributed by atoms with Gasteiger partial charge in [-0.3, -0.25) is 5.10 Å². The molecule has 2 aliphatic rings. The molecule has 0 bridgehead atoms. The molecule has 3 rings (SSSR count). The smallest absolute Gasteiger partial charge is 0.257 e. The van der Waals surface area contributed by atoms with Crippen LogP contribution in [-0.4, -0.2) is 55.7 Å². The number of hydrogen-bond acceptors (Lipinski definition) is 5. The van der Waals surface area contributed by atoms with Gasteiger partial charge in [0.15, 0.2) is 5.03 Å². The summed E-state index contributed by atoms with van der Waals surface area (Å²) >= 11 is 0. The highest BCUT2D eigenvalue weighted by molar-refractivity contribution is 7.89. The van der Waals surface area contributed by atoms with Crippen molar-refractivity contribution in [2.24, 2.45) is 0 Å². The van der Waals surface area contributed by atoms with Crippen LogP contribution < -0.4 is 10.0 Å². The fraction of sp³-hybridized carbons (Fsp3) is 0.769. The maximum Gasteiger partial charge on any atom is 0.257 e. The molecule has 118 valence electrons. The molecule has 0 aromatic carbocycles. The van der Waals surface area contributed by atoms with Crippen molar-refractivity contribution in [1.29, 1.82) is 0 Å². The van der Waals surface area contributed by atoms with Gasteiger partial charge in [-0.2, -0.15) is 5.10 Å². The molecule has 1 saturated heterocycles. The van der Waals surface area contributed by atoms with E-state index in [0.29, 0.717) is 24.7 Å². The highest BCUT2D eigenvalue weighted by Crippen LogP contribution is 2.20. The lowest BCUT2D eigenvalue weighted by Crippen LogP contribution is -2.38. The number of hydrogen-bond donors (Lipinski definition) is 3. The van der Waals surface area contributed by atoms with Crippen molar-refractivity contribution in [1.82, 2.24) is 25.1 Å². The number of aromatic amines is 1. The van der Waals surface area contributed by atoms with Crippen LogP contribution in [0.1, 0.15) is 31.2 Å². The van der Waals surface area contributed by atoms with E-state index in [2.05, 4.69) is 25.1 Å². The molecule has 1 saturated carbocycles. The molecule has 1 aliphatic heterocycles. The molecule has 8 heteroatoms. The van der Waals surface area contributed by atoms with Gasteiger partial charge in [0.25, 0.3) is 10.0 Å². The summed E-state index contributed by atoms with van der Waals surface area (Å²) in [5.74, 6) is 0. The quantitative estimate of drug-likeness (QED) is 0.661. The lowest BCUT2D eigenvalue weighted by Gasteiger charge is -2.19. The Hall–Kier alpha value is -0.960. The molecule has 2 fully saturated rings. The highest BCUT2D eigenvalue weighted by Gasteiger charge is 2.27. The zero-order valence-corrected chi connectivity index (χ0v) is 13.1. The van der Waals surface area contributed by atoms with E-state index >= 15 is 0 Å². The third kappa shape index (κ3) is 3.63. The van der Waals surface area contributed by atoms with E-state index in [0.717, 1.165) is 19.4 Å².